The van der Waals surface area contributed by atoms with E-state index < -0.39 is 0 Å². The maximum atomic E-state index is 11.8. The molecule has 1 aliphatic carbocycles. The molecule has 88 valence electrons. The van der Waals surface area contributed by atoms with Gasteiger partial charge in [0.2, 0.25) is 0 Å². The van der Waals surface area contributed by atoms with Gasteiger partial charge >= 0.3 is 0 Å². The van der Waals surface area contributed by atoms with Gasteiger partial charge in [0.1, 0.15) is 6.26 Å². The van der Waals surface area contributed by atoms with Gasteiger partial charge in [0, 0.05) is 17.5 Å². The highest BCUT2D eigenvalue weighted by atomic mass is 16.5. The summed E-state index contributed by atoms with van der Waals surface area (Å²) in [5, 5.41) is 15.8. The maximum Gasteiger partial charge on any atom is 0.273 e. The van der Waals surface area contributed by atoms with Gasteiger partial charge in [-0.1, -0.05) is 18.5 Å². The number of carbonyl (C=O) groups is 1. The van der Waals surface area contributed by atoms with Crippen molar-refractivity contribution in [2.45, 2.75) is 32.2 Å². The highest BCUT2D eigenvalue weighted by Gasteiger charge is 2.39. The SMILES string of the molecule is CC1(CO)CCCC1NC(=O)c1ccon1. The molecule has 1 aliphatic rings. The Morgan fingerprint density at radius 3 is 3.25 bits per heavy atom. The molecule has 2 unspecified atom stereocenters. The fourth-order valence-electron chi connectivity index (χ4n) is 2.23. The van der Waals surface area contributed by atoms with Crippen molar-refractivity contribution in [3.8, 4) is 0 Å². The van der Waals surface area contributed by atoms with Crippen LogP contribution in [0.15, 0.2) is 16.9 Å². The van der Waals surface area contributed by atoms with E-state index >= 15 is 0 Å². The normalized spacial score (nSPS) is 29.2. The van der Waals surface area contributed by atoms with Gasteiger partial charge in [-0.25, -0.2) is 0 Å². The predicted molar refractivity (Wildman–Crippen MR) is 56.8 cm³/mol. The second-order valence-corrected chi connectivity index (χ2v) is 4.62. The molecule has 16 heavy (non-hydrogen) atoms. The highest BCUT2D eigenvalue weighted by Crippen LogP contribution is 2.37. The molecular weight excluding hydrogens is 208 g/mol. The molecule has 0 bridgehead atoms. The Balaban J connectivity index is 2.02. The number of hydrogen-bond acceptors (Lipinski definition) is 4. The third kappa shape index (κ3) is 1.95. The number of amides is 1. The van der Waals surface area contributed by atoms with Crippen LogP contribution >= 0.6 is 0 Å². The summed E-state index contributed by atoms with van der Waals surface area (Å²) in [6.45, 7) is 2.09. The molecule has 1 aromatic rings. The highest BCUT2D eigenvalue weighted by molar-refractivity contribution is 5.92. The number of aliphatic hydroxyl groups excluding tert-OH is 1. The summed E-state index contributed by atoms with van der Waals surface area (Å²) in [6, 6.07) is 1.54. The summed E-state index contributed by atoms with van der Waals surface area (Å²) in [6.07, 6.45) is 4.24. The Labute approximate surface area is 93.8 Å². The molecule has 2 rings (SSSR count). The Morgan fingerprint density at radius 1 is 1.81 bits per heavy atom. The molecule has 0 saturated heterocycles. The van der Waals surface area contributed by atoms with Gasteiger partial charge in [0.05, 0.1) is 6.61 Å². The topological polar surface area (TPSA) is 75.4 Å². The van der Waals surface area contributed by atoms with Crippen molar-refractivity contribution in [1.82, 2.24) is 10.5 Å². The lowest BCUT2D eigenvalue weighted by molar-refractivity contribution is 0.0822. The molecule has 2 N–H and O–H groups in total. The summed E-state index contributed by atoms with van der Waals surface area (Å²) in [4.78, 5) is 11.8. The third-order valence-corrected chi connectivity index (χ3v) is 3.42. The quantitative estimate of drug-likeness (QED) is 0.801. The van der Waals surface area contributed by atoms with E-state index in [0.717, 1.165) is 19.3 Å². The van der Waals surface area contributed by atoms with E-state index in [1.165, 1.54) is 12.3 Å². The summed E-state index contributed by atoms with van der Waals surface area (Å²) in [5.74, 6) is -0.236. The third-order valence-electron chi connectivity index (χ3n) is 3.42. The van der Waals surface area contributed by atoms with E-state index in [4.69, 9.17) is 0 Å². The fraction of sp³-hybridized carbons (Fsp3) is 0.636. The second kappa shape index (κ2) is 4.25. The maximum absolute atomic E-state index is 11.8. The van der Waals surface area contributed by atoms with Crippen molar-refractivity contribution in [3.05, 3.63) is 18.0 Å². The van der Waals surface area contributed by atoms with E-state index in [-0.39, 0.29) is 29.7 Å². The minimum atomic E-state index is -0.236. The minimum Gasteiger partial charge on any atom is -0.396 e. The predicted octanol–water partition coefficient (Wildman–Crippen LogP) is 0.956. The molecule has 1 aromatic heterocycles. The summed E-state index contributed by atoms with van der Waals surface area (Å²) in [5.41, 5.74) is 0.0755. The van der Waals surface area contributed by atoms with E-state index in [0.29, 0.717) is 0 Å². The Morgan fingerprint density at radius 2 is 2.62 bits per heavy atom. The number of rotatable bonds is 3. The first-order valence-electron chi connectivity index (χ1n) is 5.48. The molecule has 5 heteroatoms. The van der Waals surface area contributed by atoms with Crippen LogP contribution in [0.1, 0.15) is 36.7 Å². The molecule has 2 atom stereocenters. The Kier molecular flexibility index (Phi) is 2.96. The van der Waals surface area contributed by atoms with Crippen LogP contribution < -0.4 is 5.32 Å². The lowest BCUT2D eigenvalue weighted by atomic mass is 9.86. The van der Waals surface area contributed by atoms with Crippen LogP contribution in [0.3, 0.4) is 0 Å². The average Bonchev–Trinajstić information content (AvgIpc) is 2.89. The molecule has 1 fully saturated rings. The van der Waals surface area contributed by atoms with Crippen molar-refractivity contribution in [2.24, 2.45) is 5.41 Å². The number of nitrogens with one attached hydrogen (secondary N) is 1. The van der Waals surface area contributed by atoms with Gasteiger partial charge in [0.25, 0.3) is 5.91 Å². The Bertz CT molecular complexity index is 363. The first-order chi connectivity index (χ1) is 7.65. The molecular formula is C11H16N2O3. The number of carbonyl (C=O) groups excluding carboxylic acids is 1. The van der Waals surface area contributed by atoms with Crippen molar-refractivity contribution in [1.29, 1.82) is 0 Å². The van der Waals surface area contributed by atoms with Crippen LogP contribution in [-0.2, 0) is 0 Å². The van der Waals surface area contributed by atoms with E-state index in [1.807, 2.05) is 6.92 Å². The molecule has 1 saturated carbocycles. The van der Waals surface area contributed by atoms with Crippen molar-refractivity contribution >= 4 is 5.91 Å². The van der Waals surface area contributed by atoms with E-state index in [9.17, 15) is 9.90 Å². The number of aliphatic hydroxyl groups is 1. The molecule has 1 heterocycles. The van der Waals surface area contributed by atoms with Crippen molar-refractivity contribution in [3.63, 3.8) is 0 Å². The first kappa shape index (κ1) is 11.1. The van der Waals surface area contributed by atoms with E-state index in [1.54, 1.807) is 0 Å². The summed E-state index contributed by atoms with van der Waals surface area (Å²) in [7, 11) is 0. The average molecular weight is 224 g/mol. The van der Waals surface area contributed by atoms with E-state index in [2.05, 4.69) is 15.0 Å². The number of hydrogen-bond donors (Lipinski definition) is 2. The largest absolute Gasteiger partial charge is 0.396 e. The lowest BCUT2D eigenvalue weighted by Crippen LogP contribution is -2.44. The summed E-state index contributed by atoms with van der Waals surface area (Å²) >= 11 is 0. The van der Waals surface area contributed by atoms with Gasteiger partial charge in [-0.3, -0.25) is 4.79 Å². The van der Waals surface area contributed by atoms with Gasteiger partial charge < -0.3 is 14.9 Å². The number of nitrogens with zero attached hydrogens (tertiary/aromatic N) is 1. The van der Waals surface area contributed by atoms with Gasteiger partial charge in [-0.05, 0) is 12.8 Å². The van der Waals surface area contributed by atoms with Crippen LogP contribution in [0.5, 0.6) is 0 Å². The molecule has 5 nitrogen and oxygen atoms in total. The first-order valence-corrected chi connectivity index (χ1v) is 5.48. The second-order valence-electron chi connectivity index (χ2n) is 4.62. The van der Waals surface area contributed by atoms with Crippen LogP contribution in [0, 0.1) is 5.41 Å². The van der Waals surface area contributed by atoms with Crippen LogP contribution in [-0.4, -0.2) is 28.8 Å². The van der Waals surface area contributed by atoms with Crippen LogP contribution in [0.2, 0.25) is 0 Å². The lowest BCUT2D eigenvalue weighted by Gasteiger charge is -2.29. The zero-order valence-electron chi connectivity index (χ0n) is 9.27. The minimum absolute atomic E-state index is 0.0155. The monoisotopic (exact) mass is 224 g/mol. The molecule has 0 radical (unpaired) electrons. The smallest absolute Gasteiger partial charge is 0.273 e. The van der Waals surface area contributed by atoms with Gasteiger partial charge in [-0.15, -0.1) is 0 Å². The Hall–Kier alpha value is -1.36. The molecule has 0 aliphatic heterocycles. The van der Waals surface area contributed by atoms with Gasteiger partial charge in [-0.2, -0.15) is 0 Å². The van der Waals surface area contributed by atoms with Crippen molar-refractivity contribution in [2.75, 3.05) is 6.61 Å². The zero-order chi connectivity index (χ0) is 11.6. The van der Waals surface area contributed by atoms with Crippen molar-refractivity contribution < 1.29 is 14.4 Å². The van der Waals surface area contributed by atoms with Crippen LogP contribution in [0.25, 0.3) is 0 Å². The molecule has 1 amide bonds. The van der Waals surface area contributed by atoms with Crippen LogP contribution in [0.4, 0.5) is 0 Å². The number of aromatic nitrogens is 1. The molecule has 0 aromatic carbocycles. The molecule has 0 spiro atoms. The van der Waals surface area contributed by atoms with Gasteiger partial charge in [0.15, 0.2) is 5.69 Å². The standard InChI is InChI=1S/C11H16N2O3/c1-11(7-14)5-2-3-9(11)12-10(15)8-4-6-16-13-8/h4,6,9,14H,2-3,5,7H2,1H3,(H,12,15). The summed E-state index contributed by atoms with van der Waals surface area (Å²) < 4.78 is 4.62. The zero-order valence-corrected chi connectivity index (χ0v) is 9.27. The fourth-order valence-corrected chi connectivity index (χ4v) is 2.23.